The second-order valence-electron chi connectivity index (χ2n) is 4.95. The smallest absolute Gasteiger partial charge is 0.225 e. The molecule has 21 heavy (non-hydrogen) atoms. The summed E-state index contributed by atoms with van der Waals surface area (Å²) >= 11 is 0. The van der Waals surface area contributed by atoms with Gasteiger partial charge in [0.1, 0.15) is 23.2 Å². The van der Waals surface area contributed by atoms with Gasteiger partial charge < -0.3 is 15.2 Å². The second-order valence-corrected chi connectivity index (χ2v) is 4.95. The number of nitrogens with zero attached hydrogens (tertiary/aromatic N) is 2. The lowest BCUT2D eigenvalue weighted by Gasteiger charge is -2.25. The average molecular weight is 281 g/mol. The molecule has 0 aliphatic carbocycles. The maximum atomic E-state index is 9.37. The first-order valence-corrected chi connectivity index (χ1v) is 6.66. The highest BCUT2D eigenvalue weighted by atomic mass is 16.5. The van der Waals surface area contributed by atoms with Crippen LogP contribution in [0.1, 0.15) is 35.3 Å². The van der Waals surface area contributed by atoms with Crippen molar-refractivity contribution in [1.82, 2.24) is 4.98 Å². The van der Waals surface area contributed by atoms with Gasteiger partial charge in [0, 0.05) is 24.7 Å². The minimum Gasteiger partial charge on any atom is -0.438 e. The molecule has 0 saturated carbocycles. The van der Waals surface area contributed by atoms with Gasteiger partial charge in [0.2, 0.25) is 5.88 Å². The number of fused-ring (bicyclic) bond motifs is 2. The Labute approximate surface area is 122 Å². The number of methoxy groups -OCH3 is 1. The fourth-order valence-electron chi connectivity index (χ4n) is 2.62. The average Bonchev–Trinajstić information content (AvgIpc) is 2.51. The summed E-state index contributed by atoms with van der Waals surface area (Å²) in [5, 5.41) is 9.37. The molecule has 5 nitrogen and oxygen atoms in total. The standard InChI is InChI=1S/C16H15N3O2/c1-9(20-2)14-11-7-10-5-3-4-6-13(10)21-16(11)19-15(18)12(14)8-17/h3-6,9H,7H2,1-2H3,(H2,18,19). The molecule has 0 bridgehead atoms. The van der Waals surface area contributed by atoms with Gasteiger partial charge in [-0.1, -0.05) is 18.2 Å². The van der Waals surface area contributed by atoms with Crippen LogP contribution in [0.2, 0.25) is 0 Å². The summed E-state index contributed by atoms with van der Waals surface area (Å²) in [4.78, 5) is 4.24. The zero-order valence-corrected chi connectivity index (χ0v) is 11.9. The zero-order chi connectivity index (χ0) is 15.0. The number of rotatable bonds is 2. The predicted octanol–water partition coefficient (Wildman–Crippen LogP) is 2.94. The fourth-order valence-corrected chi connectivity index (χ4v) is 2.62. The molecule has 106 valence electrons. The normalized spacial score (nSPS) is 13.6. The predicted molar refractivity (Wildman–Crippen MR) is 78.1 cm³/mol. The number of benzene rings is 1. The van der Waals surface area contributed by atoms with Gasteiger partial charge in [0.15, 0.2) is 0 Å². The summed E-state index contributed by atoms with van der Waals surface area (Å²) in [6.07, 6.45) is 0.392. The van der Waals surface area contributed by atoms with E-state index in [-0.39, 0.29) is 11.9 Å². The third-order valence-corrected chi connectivity index (χ3v) is 3.75. The van der Waals surface area contributed by atoms with E-state index in [1.54, 1.807) is 7.11 Å². The number of ether oxygens (including phenoxy) is 2. The summed E-state index contributed by atoms with van der Waals surface area (Å²) in [5.74, 6) is 1.41. The van der Waals surface area contributed by atoms with Crippen LogP contribution >= 0.6 is 0 Å². The molecule has 1 aromatic heterocycles. The number of nitriles is 1. The van der Waals surface area contributed by atoms with Crippen molar-refractivity contribution in [2.75, 3.05) is 12.8 Å². The lowest BCUT2D eigenvalue weighted by Crippen LogP contribution is -2.14. The van der Waals surface area contributed by atoms with Crippen LogP contribution in [0.15, 0.2) is 24.3 Å². The Kier molecular flexibility index (Phi) is 3.24. The van der Waals surface area contributed by atoms with Crippen molar-refractivity contribution in [2.24, 2.45) is 0 Å². The quantitative estimate of drug-likeness (QED) is 0.781. The highest BCUT2D eigenvalue weighted by Gasteiger charge is 2.27. The molecular weight excluding hydrogens is 266 g/mol. The minimum absolute atomic E-state index is 0.175. The van der Waals surface area contributed by atoms with Gasteiger partial charge in [0.05, 0.1) is 6.10 Å². The van der Waals surface area contributed by atoms with Crippen LogP contribution in [0.3, 0.4) is 0 Å². The van der Waals surface area contributed by atoms with Crippen molar-refractivity contribution >= 4 is 5.82 Å². The van der Waals surface area contributed by atoms with Crippen LogP contribution in [0.25, 0.3) is 0 Å². The third-order valence-electron chi connectivity index (χ3n) is 3.75. The number of nitrogens with two attached hydrogens (primary N) is 1. The number of para-hydroxylation sites is 1. The molecule has 1 aliphatic rings. The van der Waals surface area contributed by atoms with Gasteiger partial charge in [-0.3, -0.25) is 0 Å². The van der Waals surface area contributed by atoms with Crippen molar-refractivity contribution in [3.63, 3.8) is 0 Å². The van der Waals surface area contributed by atoms with Crippen LogP contribution in [-0.2, 0) is 11.2 Å². The first kappa shape index (κ1) is 13.4. The molecule has 1 aliphatic heterocycles. The molecular formula is C16H15N3O2. The van der Waals surface area contributed by atoms with E-state index >= 15 is 0 Å². The van der Waals surface area contributed by atoms with Gasteiger partial charge in [0.25, 0.3) is 0 Å². The Morgan fingerprint density at radius 2 is 2.19 bits per heavy atom. The van der Waals surface area contributed by atoms with E-state index in [9.17, 15) is 5.26 Å². The largest absolute Gasteiger partial charge is 0.438 e. The SMILES string of the molecule is COC(C)c1c(C#N)c(N)nc2c1Cc1ccccc1O2. The molecule has 0 fully saturated rings. The van der Waals surface area contributed by atoms with Crippen molar-refractivity contribution < 1.29 is 9.47 Å². The molecule has 0 amide bonds. The molecule has 1 aromatic carbocycles. The molecule has 2 heterocycles. The first-order valence-electron chi connectivity index (χ1n) is 6.66. The van der Waals surface area contributed by atoms with E-state index in [4.69, 9.17) is 15.2 Å². The van der Waals surface area contributed by atoms with E-state index in [1.807, 2.05) is 31.2 Å². The van der Waals surface area contributed by atoms with Crippen molar-refractivity contribution in [1.29, 1.82) is 5.26 Å². The van der Waals surface area contributed by atoms with Crippen LogP contribution < -0.4 is 10.5 Å². The molecule has 3 rings (SSSR count). The molecule has 1 atom stereocenters. The van der Waals surface area contributed by atoms with Gasteiger partial charge in [-0.2, -0.15) is 10.2 Å². The summed E-state index contributed by atoms with van der Waals surface area (Å²) < 4.78 is 11.2. The number of hydrogen-bond acceptors (Lipinski definition) is 5. The monoisotopic (exact) mass is 281 g/mol. The maximum Gasteiger partial charge on any atom is 0.225 e. The summed E-state index contributed by atoms with van der Waals surface area (Å²) in [7, 11) is 1.60. The Morgan fingerprint density at radius 1 is 1.43 bits per heavy atom. The van der Waals surface area contributed by atoms with Crippen LogP contribution in [0.4, 0.5) is 5.82 Å². The molecule has 1 unspecified atom stereocenters. The lowest BCUT2D eigenvalue weighted by atomic mass is 9.92. The van der Waals surface area contributed by atoms with Crippen molar-refractivity contribution in [2.45, 2.75) is 19.4 Å². The molecule has 5 heteroatoms. The zero-order valence-electron chi connectivity index (χ0n) is 11.9. The molecule has 0 radical (unpaired) electrons. The van der Waals surface area contributed by atoms with E-state index in [0.717, 1.165) is 22.4 Å². The Bertz CT molecular complexity index is 750. The topological polar surface area (TPSA) is 81.2 Å². The summed E-state index contributed by atoms with van der Waals surface area (Å²) in [6, 6.07) is 9.90. The van der Waals surface area contributed by atoms with E-state index in [2.05, 4.69) is 11.1 Å². The lowest BCUT2D eigenvalue weighted by molar-refractivity contribution is 0.118. The molecule has 2 N–H and O–H groups in total. The molecule has 0 saturated heterocycles. The summed E-state index contributed by atoms with van der Waals surface area (Å²) in [5.41, 5.74) is 8.96. The summed E-state index contributed by atoms with van der Waals surface area (Å²) in [6.45, 7) is 1.89. The van der Waals surface area contributed by atoms with Crippen molar-refractivity contribution in [3.8, 4) is 17.7 Å². The highest BCUT2D eigenvalue weighted by Crippen LogP contribution is 2.41. The number of aromatic nitrogens is 1. The number of pyridine rings is 1. The molecule has 0 spiro atoms. The van der Waals surface area contributed by atoms with E-state index in [0.29, 0.717) is 17.9 Å². The first-order chi connectivity index (χ1) is 10.2. The van der Waals surface area contributed by atoms with Crippen molar-refractivity contribution in [3.05, 3.63) is 46.5 Å². The van der Waals surface area contributed by atoms with Crippen LogP contribution in [0.5, 0.6) is 11.6 Å². The Morgan fingerprint density at radius 3 is 2.90 bits per heavy atom. The fraction of sp³-hybridized carbons (Fsp3) is 0.250. The number of nitrogen functional groups attached to an aromatic ring is 1. The van der Waals surface area contributed by atoms with Gasteiger partial charge in [-0.15, -0.1) is 0 Å². The minimum atomic E-state index is -0.257. The molecule has 2 aromatic rings. The van der Waals surface area contributed by atoms with Crippen LogP contribution in [0, 0.1) is 11.3 Å². The Hall–Kier alpha value is -2.58. The van der Waals surface area contributed by atoms with Gasteiger partial charge in [-0.25, -0.2) is 0 Å². The maximum absolute atomic E-state index is 9.37. The van der Waals surface area contributed by atoms with Crippen LogP contribution in [-0.4, -0.2) is 12.1 Å². The van der Waals surface area contributed by atoms with Gasteiger partial charge in [-0.05, 0) is 18.6 Å². The Balaban J connectivity index is 2.22. The van der Waals surface area contributed by atoms with Gasteiger partial charge >= 0.3 is 0 Å². The van der Waals surface area contributed by atoms with E-state index < -0.39 is 0 Å². The second kappa shape index (κ2) is 5.08. The number of hydrogen-bond donors (Lipinski definition) is 1. The number of anilines is 1. The highest BCUT2D eigenvalue weighted by molar-refractivity contribution is 5.62. The van der Waals surface area contributed by atoms with E-state index in [1.165, 1.54) is 0 Å². The third kappa shape index (κ3) is 2.10.